The maximum absolute atomic E-state index is 14.8. The van der Waals surface area contributed by atoms with Crippen LogP contribution in [0.4, 0.5) is 15.0 Å². The number of nitrogens with zero attached hydrogens (tertiary/aromatic N) is 3. The molecule has 34 heavy (non-hydrogen) atoms. The number of halogens is 1. The van der Waals surface area contributed by atoms with Gasteiger partial charge in [-0.05, 0) is 67.9 Å². The van der Waals surface area contributed by atoms with Gasteiger partial charge in [0.25, 0.3) is 0 Å². The molecule has 1 fully saturated rings. The van der Waals surface area contributed by atoms with Crippen LogP contribution in [0, 0.1) is 31.5 Å². The molecule has 6 nitrogen and oxygen atoms in total. The number of aromatic nitrogens is 2. The quantitative estimate of drug-likeness (QED) is 0.490. The van der Waals surface area contributed by atoms with Crippen LogP contribution in [0.15, 0.2) is 36.4 Å². The monoisotopic (exact) mass is 466 g/mol. The second kappa shape index (κ2) is 10.4. The van der Waals surface area contributed by atoms with Crippen molar-refractivity contribution in [3.63, 3.8) is 0 Å². The van der Waals surface area contributed by atoms with Gasteiger partial charge in [-0.3, -0.25) is 0 Å². The number of hydrogen-bond donors (Lipinski definition) is 1. The molecule has 182 valence electrons. The van der Waals surface area contributed by atoms with Crippen LogP contribution in [0.2, 0.25) is 0 Å². The molecule has 1 aliphatic rings. The molecule has 2 aromatic carbocycles. The number of carbonyl (C=O) groups is 1. The van der Waals surface area contributed by atoms with Gasteiger partial charge in [-0.1, -0.05) is 32.0 Å². The van der Waals surface area contributed by atoms with Crippen molar-refractivity contribution in [1.82, 2.24) is 15.3 Å². The average molecular weight is 467 g/mol. The van der Waals surface area contributed by atoms with Crippen molar-refractivity contribution in [1.29, 1.82) is 0 Å². The van der Waals surface area contributed by atoms with Gasteiger partial charge in [0, 0.05) is 26.4 Å². The van der Waals surface area contributed by atoms with E-state index < -0.39 is 0 Å². The summed E-state index contributed by atoms with van der Waals surface area (Å²) in [5, 5.41) is 3.86. The molecule has 1 saturated heterocycles. The molecule has 0 bridgehead atoms. The molecular weight excluding hydrogens is 431 g/mol. The topological polar surface area (TPSA) is 67.4 Å². The van der Waals surface area contributed by atoms with Crippen molar-refractivity contribution < 1.29 is 15.3 Å². The van der Waals surface area contributed by atoms with Crippen molar-refractivity contribution >= 4 is 22.8 Å². The molecule has 1 aromatic heterocycles. The highest BCUT2D eigenvalue weighted by Gasteiger charge is 2.25. The molecule has 1 aliphatic heterocycles. The lowest BCUT2D eigenvalue weighted by Crippen LogP contribution is -2.41. The van der Waals surface area contributed by atoms with Crippen molar-refractivity contribution in [3.05, 3.63) is 53.3 Å². The normalized spacial score (nSPS) is 16.2. The number of nitrogens with one attached hydrogen (secondary N) is 1. The molecule has 1 atom stereocenters. The highest BCUT2D eigenvalue weighted by atomic mass is 19.1. The van der Waals surface area contributed by atoms with Crippen molar-refractivity contribution in [3.8, 4) is 11.4 Å². The molecule has 3 aromatic rings. The fourth-order valence-electron chi connectivity index (χ4n) is 4.44. The van der Waals surface area contributed by atoms with E-state index in [0.29, 0.717) is 30.5 Å². The van der Waals surface area contributed by atoms with Gasteiger partial charge in [0.05, 0.1) is 17.7 Å². The first-order chi connectivity index (χ1) is 16.3. The number of aryl methyl sites for hydroxylation is 2. The Bertz CT molecular complexity index is 1170. The third-order valence-electron chi connectivity index (χ3n) is 6.18. The summed E-state index contributed by atoms with van der Waals surface area (Å²) in [7, 11) is 0. The number of alkyl carbamates (subject to hydrolysis) is 1. The number of amides is 1. The summed E-state index contributed by atoms with van der Waals surface area (Å²) < 4.78 is 20.0. The number of carbonyl (C=O) groups excluding carboxylic acids is 1. The standard InChI is InChI=1S/C27H33FN4O2.H2/c1-17(2)16-34-27(33)29-14-20-8-6-12-32(15-20)26-21-11-10-18(3)13-23(21)30-25(31-26)24-19(4)7-5-9-22(24)28;/h5,7,9-11,13,17,20H,6,8,12,14-16H2,1-4H3,(H,29,33);1H/t20-;/m0./s1. The largest absolute Gasteiger partial charge is 0.449 e. The van der Waals surface area contributed by atoms with E-state index in [4.69, 9.17) is 14.7 Å². The molecule has 4 rings (SSSR count). The van der Waals surface area contributed by atoms with Crippen LogP contribution in [-0.2, 0) is 4.74 Å². The maximum Gasteiger partial charge on any atom is 0.407 e. The van der Waals surface area contributed by atoms with Crippen LogP contribution < -0.4 is 10.2 Å². The summed E-state index contributed by atoms with van der Waals surface area (Å²) in [6.07, 6.45) is 1.63. The number of hydrogen-bond acceptors (Lipinski definition) is 5. The summed E-state index contributed by atoms with van der Waals surface area (Å²) in [6, 6.07) is 11.2. The van der Waals surface area contributed by atoms with E-state index >= 15 is 0 Å². The zero-order valence-electron chi connectivity index (χ0n) is 20.4. The smallest absolute Gasteiger partial charge is 0.407 e. The molecule has 0 aliphatic carbocycles. The molecule has 1 N–H and O–H groups in total. The first-order valence-corrected chi connectivity index (χ1v) is 12.0. The second-order valence-electron chi connectivity index (χ2n) is 9.65. The third-order valence-corrected chi connectivity index (χ3v) is 6.18. The highest BCUT2D eigenvalue weighted by molar-refractivity contribution is 5.91. The van der Waals surface area contributed by atoms with Gasteiger partial charge in [0.1, 0.15) is 11.6 Å². The SMILES string of the molecule is Cc1ccc2c(N3CCC[C@@H](CNC(=O)OCC(C)C)C3)nc(-c3c(C)cccc3F)nc2c1.[HH]. The van der Waals surface area contributed by atoms with Crippen LogP contribution in [-0.4, -0.2) is 42.3 Å². The van der Waals surface area contributed by atoms with Crippen LogP contribution in [0.3, 0.4) is 0 Å². The lowest BCUT2D eigenvalue weighted by molar-refractivity contribution is 0.131. The second-order valence-corrected chi connectivity index (χ2v) is 9.65. The Hall–Kier alpha value is -3.22. The Kier molecular flexibility index (Phi) is 7.29. The van der Waals surface area contributed by atoms with E-state index in [2.05, 4.69) is 16.3 Å². The van der Waals surface area contributed by atoms with E-state index in [9.17, 15) is 9.18 Å². The minimum atomic E-state index is -0.369. The van der Waals surface area contributed by atoms with Gasteiger partial charge >= 0.3 is 6.09 Å². The van der Waals surface area contributed by atoms with Crippen LogP contribution >= 0.6 is 0 Å². The first kappa shape index (κ1) is 23.9. The van der Waals surface area contributed by atoms with Gasteiger partial charge in [0.2, 0.25) is 0 Å². The highest BCUT2D eigenvalue weighted by Crippen LogP contribution is 2.32. The molecule has 0 saturated carbocycles. The molecule has 0 spiro atoms. The summed E-state index contributed by atoms with van der Waals surface area (Å²) in [5.74, 6) is 1.47. The Balaban J connectivity index is 0.00000342. The van der Waals surface area contributed by atoms with Crippen molar-refractivity contribution in [2.75, 3.05) is 31.1 Å². The number of fused-ring (bicyclic) bond motifs is 1. The maximum atomic E-state index is 14.8. The number of rotatable bonds is 6. The number of ether oxygens (including phenoxy) is 1. The Morgan fingerprint density at radius 3 is 2.85 bits per heavy atom. The molecule has 7 heteroatoms. The average Bonchev–Trinajstić information content (AvgIpc) is 2.80. The van der Waals surface area contributed by atoms with Crippen LogP contribution in [0.25, 0.3) is 22.3 Å². The summed E-state index contributed by atoms with van der Waals surface area (Å²) in [4.78, 5) is 23.9. The van der Waals surface area contributed by atoms with Gasteiger partial charge in [-0.2, -0.15) is 0 Å². The number of anilines is 1. The zero-order chi connectivity index (χ0) is 24.2. The Morgan fingerprint density at radius 2 is 2.09 bits per heavy atom. The molecule has 0 unspecified atom stereocenters. The fraction of sp³-hybridized carbons (Fsp3) is 0.444. The molecule has 0 radical (unpaired) electrons. The van der Waals surface area contributed by atoms with Crippen molar-refractivity contribution in [2.45, 2.75) is 40.5 Å². The Labute approximate surface area is 202 Å². The summed E-state index contributed by atoms with van der Waals surface area (Å²) >= 11 is 0. The zero-order valence-corrected chi connectivity index (χ0v) is 20.4. The minimum absolute atomic E-state index is 0. The predicted molar refractivity (Wildman–Crippen MR) is 136 cm³/mol. The number of piperidine rings is 1. The van der Waals surface area contributed by atoms with E-state index in [-0.39, 0.29) is 19.3 Å². The molecule has 2 heterocycles. The van der Waals surface area contributed by atoms with E-state index in [1.807, 2.05) is 45.9 Å². The lowest BCUT2D eigenvalue weighted by Gasteiger charge is -2.34. The van der Waals surface area contributed by atoms with E-state index in [1.54, 1.807) is 6.07 Å². The van der Waals surface area contributed by atoms with Gasteiger partial charge in [-0.15, -0.1) is 0 Å². The van der Waals surface area contributed by atoms with Gasteiger partial charge in [-0.25, -0.2) is 19.2 Å². The van der Waals surface area contributed by atoms with Gasteiger partial charge < -0.3 is 15.0 Å². The first-order valence-electron chi connectivity index (χ1n) is 12.0. The summed E-state index contributed by atoms with van der Waals surface area (Å²) in [6.45, 7) is 10.5. The Morgan fingerprint density at radius 1 is 1.26 bits per heavy atom. The van der Waals surface area contributed by atoms with Crippen LogP contribution in [0.1, 0.15) is 39.2 Å². The van der Waals surface area contributed by atoms with Crippen LogP contribution in [0.5, 0.6) is 0 Å². The molecular formula is C27H35FN4O2. The van der Waals surface area contributed by atoms with E-state index in [0.717, 1.165) is 53.8 Å². The lowest BCUT2D eigenvalue weighted by atomic mass is 9.97. The van der Waals surface area contributed by atoms with Gasteiger partial charge in [0.15, 0.2) is 5.82 Å². The fourth-order valence-corrected chi connectivity index (χ4v) is 4.44. The minimum Gasteiger partial charge on any atom is -0.449 e. The predicted octanol–water partition coefficient (Wildman–Crippen LogP) is 5.90. The molecule has 1 amide bonds. The van der Waals surface area contributed by atoms with E-state index in [1.165, 1.54) is 6.07 Å². The number of benzene rings is 2. The van der Waals surface area contributed by atoms with Crippen molar-refractivity contribution in [2.24, 2.45) is 11.8 Å². The third kappa shape index (κ3) is 5.46. The summed E-state index contributed by atoms with van der Waals surface area (Å²) in [5.41, 5.74) is 3.14.